The number of hydrogen-bond acceptors (Lipinski definition) is 3. The topological polar surface area (TPSA) is 61.1 Å². The van der Waals surface area contributed by atoms with Crippen molar-refractivity contribution in [2.75, 3.05) is 13.1 Å². The van der Waals surface area contributed by atoms with Crippen LogP contribution in [0.1, 0.15) is 56.5 Å². The zero-order chi connectivity index (χ0) is 17.7. The minimum Gasteiger partial charge on any atom is -0.342 e. The first kappa shape index (κ1) is 18.5. The van der Waals surface area contributed by atoms with Gasteiger partial charge in [-0.3, -0.25) is 4.79 Å². The van der Waals surface area contributed by atoms with Crippen molar-refractivity contribution in [3.05, 3.63) is 23.0 Å². The molecule has 1 saturated heterocycles. The van der Waals surface area contributed by atoms with E-state index in [0.717, 1.165) is 51.0 Å². The average Bonchev–Trinajstić information content (AvgIpc) is 2.89. The van der Waals surface area contributed by atoms with E-state index < -0.39 is 0 Å². The van der Waals surface area contributed by atoms with Crippen molar-refractivity contribution in [1.29, 1.82) is 5.26 Å². The molecule has 24 heavy (non-hydrogen) atoms. The molecular formula is C19H30N4O. The molecule has 0 unspecified atom stereocenters. The van der Waals surface area contributed by atoms with E-state index in [4.69, 9.17) is 5.26 Å². The molecule has 1 fully saturated rings. The maximum Gasteiger partial charge on any atom is 0.225 e. The molecule has 0 aromatic carbocycles. The van der Waals surface area contributed by atoms with Gasteiger partial charge in [0.05, 0.1) is 0 Å². The quantitative estimate of drug-likeness (QED) is 0.872. The Balaban J connectivity index is 1.84. The summed E-state index contributed by atoms with van der Waals surface area (Å²) in [5.41, 5.74) is 3.03. The SMILES string of the molecule is CCC(CC)C(=O)N1CCC(NCc2cc(C#N)n(C)c2C)CC1. The maximum absolute atomic E-state index is 12.4. The predicted molar refractivity (Wildman–Crippen MR) is 95.4 cm³/mol. The van der Waals surface area contributed by atoms with Crippen molar-refractivity contribution in [3.8, 4) is 6.07 Å². The summed E-state index contributed by atoms with van der Waals surface area (Å²) < 4.78 is 1.94. The summed E-state index contributed by atoms with van der Waals surface area (Å²) in [7, 11) is 1.93. The Bertz CT molecular complexity index is 602. The first-order chi connectivity index (χ1) is 11.5. The molecule has 0 spiro atoms. The second-order valence-electron chi connectivity index (χ2n) is 6.80. The van der Waals surface area contributed by atoms with E-state index in [9.17, 15) is 4.79 Å². The highest BCUT2D eigenvalue weighted by atomic mass is 16.2. The fraction of sp³-hybridized carbons (Fsp3) is 0.684. The van der Waals surface area contributed by atoms with Crippen LogP contribution in [0.4, 0.5) is 0 Å². The molecule has 0 bridgehead atoms. The molecule has 2 heterocycles. The summed E-state index contributed by atoms with van der Waals surface area (Å²) in [6.07, 6.45) is 3.87. The number of hydrogen-bond donors (Lipinski definition) is 1. The van der Waals surface area contributed by atoms with E-state index in [1.54, 1.807) is 0 Å². The molecule has 2 rings (SSSR count). The summed E-state index contributed by atoms with van der Waals surface area (Å²) in [6, 6.07) is 4.64. The summed E-state index contributed by atoms with van der Waals surface area (Å²) >= 11 is 0. The van der Waals surface area contributed by atoms with E-state index >= 15 is 0 Å². The molecule has 1 aromatic heterocycles. The van der Waals surface area contributed by atoms with Gasteiger partial charge < -0.3 is 14.8 Å². The highest BCUT2D eigenvalue weighted by molar-refractivity contribution is 5.78. The molecular weight excluding hydrogens is 300 g/mol. The van der Waals surface area contributed by atoms with Gasteiger partial charge in [-0.2, -0.15) is 5.26 Å². The Morgan fingerprint density at radius 2 is 2.00 bits per heavy atom. The van der Waals surface area contributed by atoms with Crippen molar-refractivity contribution in [2.24, 2.45) is 13.0 Å². The first-order valence-electron chi connectivity index (χ1n) is 9.09. The number of nitrogens with zero attached hydrogens (tertiary/aromatic N) is 3. The lowest BCUT2D eigenvalue weighted by Gasteiger charge is -2.34. The number of nitrogens with one attached hydrogen (secondary N) is 1. The summed E-state index contributed by atoms with van der Waals surface area (Å²) in [5, 5.41) is 12.7. The van der Waals surface area contributed by atoms with Crippen molar-refractivity contribution in [3.63, 3.8) is 0 Å². The van der Waals surface area contributed by atoms with Gasteiger partial charge in [-0.15, -0.1) is 0 Å². The first-order valence-corrected chi connectivity index (χ1v) is 9.09. The number of amides is 1. The minimum absolute atomic E-state index is 0.186. The number of carbonyl (C=O) groups excluding carboxylic acids is 1. The van der Waals surface area contributed by atoms with E-state index in [0.29, 0.717) is 17.6 Å². The van der Waals surface area contributed by atoms with Gasteiger partial charge in [0.25, 0.3) is 0 Å². The van der Waals surface area contributed by atoms with Crippen LogP contribution in [0.5, 0.6) is 0 Å². The summed E-state index contributed by atoms with van der Waals surface area (Å²) in [6.45, 7) is 8.73. The van der Waals surface area contributed by atoms with Gasteiger partial charge in [0, 0.05) is 44.3 Å². The van der Waals surface area contributed by atoms with E-state index in [2.05, 4.69) is 32.2 Å². The lowest BCUT2D eigenvalue weighted by Crippen LogP contribution is -2.46. The van der Waals surface area contributed by atoms with Gasteiger partial charge in [-0.25, -0.2) is 0 Å². The van der Waals surface area contributed by atoms with Crippen LogP contribution in [0.25, 0.3) is 0 Å². The monoisotopic (exact) mass is 330 g/mol. The molecule has 0 saturated carbocycles. The third-order valence-electron chi connectivity index (χ3n) is 5.48. The maximum atomic E-state index is 12.4. The van der Waals surface area contributed by atoms with Crippen LogP contribution < -0.4 is 5.32 Å². The molecule has 1 aromatic rings. The fourth-order valence-electron chi connectivity index (χ4n) is 3.50. The third kappa shape index (κ3) is 3.99. The van der Waals surface area contributed by atoms with Gasteiger partial charge in [-0.05, 0) is 44.2 Å². The molecule has 5 heteroatoms. The molecule has 132 valence electrons. The summed E-state index contributed by atoms with van der Waals surface area (Å²) in [5.74, 6) is 0.516. The second-order valence-corrected chi connectivity index (χ2v) is 6.80. The van der Waals surface area contributed by atoms with Gasteiger partial charge >= 0.3 is 0 Å². The zero-order valence-corrected chi connectivity index (χ0v) is 15.4. The Morgan fingerprint density at radius 1 is 1.38 bits per heavy atom. The largest absolute Gasteiger partial charge is 0.342 e. The highest BCUT2D eigenvalue weighted by Crippen LogP contribution is 2.18. The number of aromatic nitrogens is 1. The molecule has 0 atom stereocenters. The van der Waals surface area contributed by atoms with Crippen molar-refractivity contribution in [1.82, 2.24) is 14.8 Å². The lowest BCUT2D eigenvalue weighted by atomic mass is 9.98. The number of nitriles is 1. The lowest BCUT2D eigenvalue weighted by molar-refractivity contribution is -0.136. The Kier molecular flexibility index (Phi) is 6.44. The standard InChI is InChI=1S/C19H30N4O/c1-5-15(6-2)19(24)23-9-7-17(8-10-23)21-13-16-11-18(12-20)22(4)14(16)3/h11,15,17,21H,5-10,13H2,1-4H3. The molecule has 0 aliphatic carbocycles. The zero-order valence-electron chi connectivity index (χ0n) is 15.4. The van der Waals surface area contributed by atoms with Crippen LogP contribution in [0.2, 0.25) is 0 Å². The molecule has 1 amide bonds. The van der Waals surface area contributed by atoms with Crippen LogP contribution in [0.15, 0.2) is 6.07 Å². The van der Waals surface area contributed by atoms with Crippen molar-refractivity contribution < 1.29 is 4.79 Å². The normalized spacial score (nSPS) is 15.8. The van der Waals surface area contributed by atoms with Gasteiger partial charge in [-0.1, -0.05) is 13.8 Å². The number of likely N-dealkylation sites (tertiary alicyclic amines) is 1. The molecule has 5 nitrogen and oxygen atoms in total. The molecule has 1 N–H and O–H groups in total. The Morgan fingerprint density at radius 3 is 2.50 bits per heavy atom. The highest BCUT2D eigenvalue weighted by Gasteiger charge is 2.26. The van der Waals surface area contributed by atoms with Crippen molar-refractivity contribution >= 4 is 5.91 Å². The number of rotatable bonds is 6. The van der Waals surface area contributed by atoms with E-state index in [-0.39, 0.29) is 5.92 Å². The predicted octanol–water partition coefficient (Wildman–Crippen LogP) is 2.72. The Hall–Kier alpha value is -1.80. The van der Waals surface area contributed by atoms with E-state index in [1.807, 2.05) is 22.6 Å². The smallest absolute Gasteiger partial charge is 0.225 e. The summed E-state index contributed by atoms with van der Waals surface area (Å²) in [4.78, 5) is 14.5. The fourth-order valence-corrected chi connectivity index (χ4v) is 3.50. The van der Waals surface area contributed by atoms with Crippen molar-refractivity contribution in [2.45, 2.75) is 59.0 Å². The van der Waals surface area contributed by atoms with Crippen LogP contribution in [0.3, 0.4) is 0 Å². The van der Waals surface area contributed by atoms with Crippen LogP contribution in [0, 0.1) is 24.2 Å². The Labute approximate surface area is 145 Å². The number of piperidine rings is 1. The molecule has 0 radical (unpaired) electrons. The van der Waals surface area contributed by atoms with E-state index in [1.165, 1.54) is 5.56 Å². The molecule has 1 aliphatic rings. The van der Waals surface area contributed by atoms with Gasteiger partial charge in [0.15, 0.2) is 0 Å². The van der Waals surface area contributed by atoms with Crippen LogP contribution >= 0.6 is 0 Å². The van der Waals surface area contributed by atoms with Crippen LogP contribution in [-0.2, 0) is 18.4 Å². The average molecular weight is 330 g/mol. The van der Waals surface area contributed by atoms with Gasteiger partial charge in [0.2, 0.25) is 5.91 Å². The van der Waals surface area contributed by atoms with Gasteiger partial charge in [0.1, 0.15) is 11.8 Å². The third-order valence-corrected chi connectivity index (χ3v) is 5.48. The number of carbonyl (C=O) groups is 1. The second kappa shape index (κ2) is 8.34. The van der Waals surface area contributed by atoms with Crippen LogP contribution in [-0.4, -0.2) is 34.5 Å². The molecule has 1 aliphatic heterocycles. The minimum atomic E-state index is 0.186.